The molecule has 0 aromatic carbocycles. The van der Waals surface area contributed by atoms with Gasteiger partial charge in [-0.25, -0.2) is 0 Å². The number of carbonyl (C=O) groups is 1. The lowest BCUT2D eigenvalue weighted by Gasteiger charge is -2.26. The van der Waals surface area contributed by atoms with Crippen molar-refractivity contribution in [2.45, 2.75) is 51.9 Å². The van der Waals surface area contributed by atoms with Gasteiger partial charge in [-0.15, -0.1) is 0 Å². The summed E-state index contributed by atoms with van der Waals surface area (Å²) in [6.07, 6.45) is 8.30. The Labute approximate surface area is 111 Å². The summed E-state index contributed by atoms with van der Waals surface area (Å²) in [6, 6.07) is 0. The maximum atomic E-state index is 11.8. The summed E-state index contributed by atoms with van der Waals surface area (Å²) in [7, 11) is 0. The van der Waals surface area contributed by atoms with E-state index in [0.29, 0.717) is 0 Å². The molecular weight excluding hydrogens is 224 g/mol. The Hall–Kier alpha value is -0.570. The van der Waals surface area contributed by atoms with Gasteiger partial charge >= 0.3 is 0 Å². The molecule has 1 saturated carbocycles. The van der Waals surface area contributed by atoms with E-state index in [9.17, 15) is 4.79 Å². The van der Waals surface area contributed by atoms with Crippen LogP contribution in [-0.4, -0.2) is 25.5 Å². The van der Waals surface area contributed by atoms with Crippen LogP contribution in [0.3, 0.4) is 0 Å². The van der Waals surface area contributed by atoms with Gasteiger partial charge in [0.15, 0.2) is 0 Å². The van der Waals surface area contributed by atoms with Crippen molar-refractivity contribution in [2.75, 3.05) is 19.6 Å². The first-order valence-corrected chi connectivity index (χ1v) is 7.71. The van der Waals surface area contributed by atoms with E-state index in [4.69, 9.17) is 0 Å². The van der Waals surface area contributed by atoms with Gasteiger partial charge in [0.1, 0.15) is 0 Å². The highest BCUT2D eigenvalue weighted by molar-refractivity contribution is 5.75. The molecule has 2 fully saturated rings. The maximum Gasteiger partial charge on any atom is 0.220 e. The Morgan fingerprint density at radius 1 is 1.17 bits per heavy atom. The summed E-state index contributed by atoms with van der Waals surface area (Å²) < 4.78 is 0. The number of hydrogen-bond acceptors (Lipinski definition) is 2. The molecule has 1 atom stereocenters. The number of carbonyl (C=O) groups excluding carboxylic acids is 1. The molecule has 104 valence electrons. The van der Waals surface area contributed by atoms with Gasteiger partial charge in [-0.05, 0) is 56.5 Å². The van der Waals surface area contributed by atoms with E-state index in [2.05, 4.69) is 17.6 Å². The third-order valence-electron chi connectivity index (χ3n) is 4.67. The van der Waals surface area contributed by atoms with Gasteiger partial charge in [0.25, 0.3) is 0 Å². The molecular formula is C15H28N2O. The molecule has 18 heavy (non-hydrogen) atoms. The van der Waals surface area contributed by atoms with Crippen LogP contribution in [0.4, 0.5) is 0 Å². The molecule has 0 radical (unpaired) electrons. The summed E-state index contributed by atoms with van der Waals surface area (Å²) in [5, 5.41) is 6.48. The van der Waals surface area contributed by atoms with Crippen molar-refractivity contribution in [1.82, 2.24) is 10.6 Å². The van der Waals surface area contributed by atoms with Crippen LogP contribution >= 0.6 is 0 Å². The molecule has 3 nitrogen and oxygen atoms in total. The Morgan fingerprint density at radius 2 is 1.94 bits per heavy atom. The molecule has 0 aromatic heterocycles. The van der Waals surface area contributed by atoms with Gasteiger partial charge in [0.05, 0.1) is 0 Å². The zero-order chi connectivity index (χ0) is 12.8. The first-order valence-electron chi connectivity index (χ1n) is 7.71. The zero-order valence-corrected chi connectivity index (χ0v) is 11.7. The highest BCUT2D eigenvalue weighted by Crippen LogP contribution is 2.27. The molecule has 1 heterocycles. The van der Waals surface area contributed by atoms with Crippen molar-refractivity contribution < 1.29 is 4.79 Å². The standard InChI is InChI=1S/C15H28N2O/c1-12-2-4-13(5-3-12)11-17-15(18)7-6-14-8-9-16-10-14/h12-14,16H,2-11H2,1H3,(H,17,18). The topological polar surface area (TPSA) is 41.1 Å². The van der Waals surface area contributed by atoms with Gasteiger partial charge in [-0.2, -0.15) is 0 Å². The van der Waals surface area contributed by atoms with Crippen LogP contribution in [0.2, 0.25) is 0 Å². The Balaban J connectivity index is 1.54. The second kappa shape index (κ2) is 7.13. The lowest BCUT2D eigenvalue weighted by Crippen LogP contribution is -2.31. The SMILES string of the molecule is CC1CCC(CNC(=O)CCC2CCNC2)CC1. The largest absolute Gasteiger partial charge is 0.356 e. The molecule has 0 spiro atoms. The molecule has 0 bridgehead atoms. The number of amides is 1. The van der Waals surface area contributed by atoms with Crippen LogP contribution in [0.15, 0.2) is 0 Å². The molecule has 1 aliphatic heterocycles. The van der Waals surface area contributed by atoms with E-state index in [0.717, 1.165) is 50.2 Å². The van der Waals surface area contributed by atoms with Crippen molar-refractivity contribution in [2.24, 2.45) is 17.8 Å². The minimum atomic E-state index is 0.264. The second-order valence-electron chi connectivity index (χ2n) is 6.33. The highest BCUT2D eigenvalue weighted by atomic mass is 16.1. The van der Waals surface area contributed by atoms with Crippen molar-refractivity contribution >= 4 is 5.91 Å². The first kappa shape index (κ1) is 13.9. The van der Waals surface area contributed by atoms with E-state index in [1.165, 1.54) is 32.1 Å². The van der Waals surface area contributed by atoms with Crippen molar-refractivity contribution in [3.8, 4) is 0 Å². The summed E-state index contributed by atoms with van der Waals surface area (Å²) in [5.74, 6) is 2.62. The maximum absolute atomic E-state index is 11.8. The lowest BCUT2D eigenvalue weighted by atomic mass is 9.83. The molecule has 2 aliphatic rings. The summed E-state index contributed by atoms with van der Waals surface area (Å²) >= 11 is 0. The molecule has 1 saturated heterocycles. The molecule has 2 rings (SSSR count). The fraction of sp³-hybridized carbons (Fsp3) is 0.933. The van der Waals surface area contributed by atoms with Crippen LogP contribution in [0.25, 0.3) is 0 Å². The normalized spacial score (nSPS) is 32.4. The lowest BCUT2D eigenvalue weighted by molar-refractivity contribution is -0.121. The van der Waals surface area contributed by atoms with E-state index < -0.39 is 0 Å². The monoisotopic (exact) mass is 252 g/mol. The van der Waals surface area contributed by atoms with E-state index in [1.807, 2.05) is 0 Å². The molecule has 1 unspecified atom stereocenters. The zero-order valence-electron chi connectivity index (χ0n) is 11.7. The third-order valence-corrected chi connectivity index (χ3v) is 4.67. The van der Waals surface area contributed by atoms with Crippen LogP contribution in [0, 0.1) is 17.8 Å². The van der Waals surface area contributed by atoms with Crippen LogP contribution in [-0.2, 0) is 4.79 Å². The van der Waals surface area contributed by atoms with Crippen LogP contribution < -0.4 is 10.6 Å². The summed E-state index contributed by atoms with van der Waals surface area (Å²) in [6.45, 7) is 5.49. The van der Waals surface area contributed by atoms with Gasteiger partial charge in [0.2, 0.25) is 5.91 Å². The summed E-state index contributed by atoms with van der Waals surface area (Å²) in [5.41, 5.74) is 0. The molecule has 0 aromatic rings. The smallest absolute Gasteiger partial charge is 0.220 e. The average molecular weight is 252 g/mol. The average Bonchev–Trinajstić information content (AvgIpc) is 2.89. The van der Waals surface area contributed by atoms with E-state index in [1.54, 1.807) is 0 Å². The highest BCUT2D eigenvalue weighted by Gasteiger charge is 2.19. The van der Waals surface area contributed by atoms with Crippen LogP contribution in [0.1, 0.15) is 51.9 Å². The minimum absolute atomic E-state index is 0.264. The van der Waals surface area contributed by atoms with Crippen molar-refractivity contribution in [1.29, 1.82) is 0 Å². The van der Waals surface area contributed by atoms with E-state index in [-0.39, 0.29) is 5.91 Å². The van der Waals surface area contributed by atoms with Gasteiger partial charge < -0.3 is 10.6 Å². The third kappa shape index (κ3) is 4.60. The molecule has 2 N–H and O–H groups in total. The van der Waals surface area contributed by atoms with Crippen molar-refractivity contribution in [3.05, 3.63) is 0 Å². The molecule has 1 aliphatic carbocycles. The Morgan fingerprint density at radius 3 is 2.61 bits per heavy atom. The fourth-order valence-corrected chi connectivity index (χ4v) is 3.18. The van der Waals surface area contributed by atoms with Gasteiger partial charge in [-0.1, -0.05) is 19.8 Å². The predicted molar refractivity (Wildman–Crippen MR) is 74.3 cm³/mol. The second-order valence-corrected chi connectivity index (χ2v) is 6.33. The van der Waals surface area contributed by atoms with E-state index >= 15 is 0 Å². The van der Waals surface area contributed by atoms with Crippen molar-refractivity contribution in [3.63, 3.8) is 0 Å². The van der Waals surface area contributed by atoms with Gasteiger partial charge in [0, 0.05) is 13.0 Å². The first-order chi connectivity index (χ1) is 8.74. The summed E-state index contributed by atoms with van der Waals surface area (Å²) in [4.78, 5) is 11.8. The number of hydrogen-bond donors (Lipinski definition) is 2. The van der Waals surface area contributed by atoms with Gasteiger partial charge in [-0.3, -0.25) is 4.79 Å². The fourth-order valence-electron chi connectivity index (χ4n) is 3.18. The number of nitrogens with one attached hydrogen (secondary N) is 2. The predicted octanol–water partition coefficient (Wildman–Crippen LogP) is 2.32. The molecule has 3 heteroatoms. The quantitative estimate of drug-likeness (QED) is 0.788. The minimum Gasteiger partial charge on any atom is -0.356 e. The number of rotatable bonds is 5. The Bertz CT molecular complexity index is 253. The Kier molecular flexibility index (Phi) is 5.48. The van der Waals surface area contributed by atoms with Crippen LogP contribution in [0.5, 0.6) is 0 Å². The molecule has 1 amide bonds.